The lowest BCUT2D eigenvalue weighted by Crippen LogP contribution is -2.43. The summed E-state index contributed by atoms with van der Waals surface area (Å²) in [4.78, 5) is 19.1. The number of nitrogens with zero attached hydrogens (tertiary/aromatic N) is 2. The molecule has 1 aliphatic heterocycles. The van der Waals surface area contributed by atoms with Crippen LogP contribution in [0, 0.1) is 11.7 Å². The van der Waals surface area contributed by atoms with Crippen LogP contribution >= 0.6 is 23.2 Å². The number of aromatic nitrogens is 1. The Balaban J connectivity index is 1.62. The van der Waals surface area contributed by atoms with Crippen LogP contribution in [0.15, 0.2) is 36.5 Å². The smallest absolute Gasteiger partial charge is 0.242 e. The molecule has 2 heterocycles. The van der Waals surface area contributed by atoms with Gasteiger partial charge in [0.05, 0.1) is 6.04 Å². The van der Waals surface area contributed by atoms with Crippen LogP contribution in [-0.4, -0.2) is 34.9 Å². The summed E-state index contributed by atoms with van der Waals surface area (Å²) < 4.78 is 14.6. The Labute approximate surface area is 167 Å². The van der Waals surface area contributed by atoms with Crippen LogP contribution in [0.1, 0.15) is 30.7 Å². The lowest BCUT2D eigenvalue weighted by Gasteiger charge is -2.27. The van der Waals surface area contributed by atoms with Crippen LogP contribution in [0.3, 0.4) is 0 Å². The molecule has 2 fully saturated rings. The highest BCUT2D eigenvalue weighted by Gasteiger charge is 2.43. The number of amides is 1. The second kappa shape index (κ2) is 7.74. The third-order valence-electron chi connectivity index (χ3n) is 5.33. The zero-order valence-corrected chi connectivity index (χ0v) is 16.2. The van der Waals surface area contributed by atoms with Crippen LogP contribution in [0.2, 0.25) is 10.2 Å². The van der Waals surface area contributed by atoms with E-state index in [0.29, 0.717) is 28.6 Å². The second-order valence-electron chi connectivity index (χ2n) is 7.28. The maximum absolute atomic E-state index is 14.6. The average molecular weight is 408 g/mol. The molecule has 1 amide bonds. The minimum Gasteiger partial charge on any atom is -0.325 e. The van der Waals surface area contributed by atoms with Gasteiger partial charge in [-0.3, -0.25) is 9.69 Å². The van der Waals surface area contributed by atoms with Crippen molar-refractivity contribution in [1.82, 2.24) is 9.88 Å². The van der Waals surface area contributed by atoms with Gasteiger partial charge in [0.2, 0.25) is 5.91 Å². The molecule has 142 valence electrons. The topological polar surface area (TPSA) is 45.2 Å². The average Bonchev–Trinajstić information content (AvgIpc) is 3.35. The van der Waals surface area contributed by atoms with E-state index < -0.39 is 11.9 Å². The van der Waals surface area contributed by atoms with Crippen LogP contribution in [-0.2, 0) is 4.79 Å². The summed E-state index contributed by atoms with van der Waals surface area (Å²) in [7, 11) is 0. The Bertz CT molecular complexity index is 859. The molecule has 0 spiro atoms. The first-order chi connectivity index (χ1) is 13.0. The van der Waals surface area contributed by atoms with Gasteiger partial charge in [0.15, 0.2) is 11.0 Å². The van der Waals surface area contributed by atoms with E-state index in [-0.39, 0.29) is 17.0 Å². The summed E-state index contributed by atoms with van der Waals surface area (Å²) in [5.74, 6) is -0.301. The SMILES string of the molecule is O=C(Nc1cccc(Cl)c1)[C@H]1[C@@H](c2ccnc(Cl)c2F)CCN1CC1CC1. The fraction of sp³-hybridized carbons (Fsp3) is 0.400. The van der Waals surface area contributed by atoms with Crippen molar-refractivity contribution in [3.05, 3.63) is 58.1 Å². The third kappa shape index (κ3) is 4.10. The maximum atomic E-state index is 14.6. The normalized spacial score (nSPS) is 22.8. The van der Waals surface area contributed by atoms with Crippen LogP contribution in [0.25, 0.3) is 0 Å². The summed E-state index contributed by atoms with van der Waals surface area (Å²) in [6.45, 7) is 1.62. The predicted octanol–water partition coefficient (Wildman–Crippen LogP) is 4.73. The van der Waals surface area contributed by atoms with Gasteiger partial charge >= 0.3 is 0 Å². The summed E-state index contributed by atoms with van der Waals surface area (Å²) in [5.41, 5.74) is 1.09. The summed E-state index contributed by atoms with van der Waals surface area (Å²) in [6.07, 6.45) is 4.59. The standard InChI is InChI=1S/C20H20Cl2FN3O/c21-13-2-1-3-14(10-13)25-20(27)18-16(7-9-26(18)11-12-4-5-12)15-6-8-24-19(22)17(15)23/h1-3,6,8,10,12,16,18H,4-5,7,9,11H2,(H,25,27)/t16-,18-/m1/s1. The highest BCUT2D eigenvalue weighted by atomic mass is 35.5. The third-order valence-corrected chi connectivity index (χ3v) is 5.83. The molecule has 2 aromatic rings. The molecular weight excluding hydrogens is 388 g/mol. The quantitative estimate of drug-likeness (QED) is 0.728. The van der Waals surface area contributed by atoms with Crippen molar-refractivity contribution in [3.63, 3.8) is 0 Å². The Morgan fingerprint density at radius 1 is 1.26 bits per heavy atom. The minimum atomic E-state index is -0.530. The second-order valence-corrected chi connectivity index (χ2v) is 8.08. The van der Waals surface area contributed by atoms with Crippen LogP contribution in [0.4, 0.5) is 10.1 Å². The fourth-order valence-electron chi connectivity index (χ4n) is 3.87. The Kier molecular flexibility index (Phi) is 5.35. The summed E-state index contributed by atoms with van der Waals surface area (Å²) >= 11 is 11.9. The molecule has 0 bridgehead atoms. The number of likely N-dealkylation sites (tertiary alicyclic amines) is 1. The molecule has 1 aromatic heterocycles. The number of halogens is 3. The van der Waals surface area contributed by atoms with Crippen LogP contribution < -0.4 is 5.32 Å². The van der Waals surface area contributed by atoms with Gasteiger partial charge < -0.3 is 5.32 Å². The van der Waals surface area contributed by atoms with E-state index in [1.807, 2.05) is 0 Å². The molecular formula is C20H20Cl2FN3O. The van der Waals surface area contributed by atoms with Gasteiger partial charge in [0.25, 0.3) is 0 Å². The lowest BCUT2D eigenvalue weighted by atomic mass is 9.91. The number of carbonyl (C=O) groups is 1. The van der Waals surface area contributed by atoms with Crippen molar-refractivity contribution < 1.29 is 9.18 Å². The lowest BCUT2D eigenvalue weighted by molar-refractivity contribution is -0.120. The number of hydrogen-bond donors (Lipinski definition) is 1. The van der Waals surface area contributed by atoms with Gasteiger partial charge in [0.1, 0.15) is 0 Å². The van der Waals surface area contributed by atoms with E-state index in [1.54, 1.807) is 30.3 Å². The highest BCUT2D eigenvalue weighted by Crippen LogP contribution is 2.39. The zero-order chi connectivity index (χ0) is 19.0. The van der Waals surface area contributed by atoms with E-state index in [9.17, 15) is 9.18 Å². The van der Waals surface area contributed by atoms with Gasteiger partial charge in [-0.2, -0.15) is 0 Å². The van der Waals surface area contributed by atoms with E-state index in [2.05, 4.69) is 15.2 Å². The molecule has 27 heavy (non-hydrogen) atoms. The molecule has 1 saturated heterocycles. The predicted molar refractivity (Wildman–Crippen MR) is 105 cm³/mol. The summed E-state index contributed by atoms with van der Waals surface area (Å²) in [6, 6.07) is 8.23. The molecule has 1 aliphatic carbocycles. The van der Waals surface area contributed by atoms with E-state index in [0.717, 1.165) is 13.1 Å². The maximum Gasteiger partial charge on any atom is 0.242 e. The largest absolute Gasteiger partial charge is 0.325 e. The number of nitrogens with one attached hydrogen (secondary N) is 1. The van der Waals surface area contributed by atoms with Gasteiger partial charge in [-0.05, 0) is 61.6 Å². The van der Waals surface area contributed by atoms with Crippen molar-refractivity contribution in [2.45, 2.75) is 31.2 Å². The molecule has 0 unspecified atom stereocenters. The molecule has 7 heteroatoms. The number of hydrogen-bond acceptors (Lipinski definition) is 3. The number of benzene rings is 1. The van der Waals surface area contributed by atoms with Crippen molar-refractivity contribution in [2.24, 2.45) is 5.92 Å². The van der Waals surface area contributed by atoms with Gasteiger partial charge in [-0.1, -0.05) is 29.3 Å². The number of pyridine rings is 1. The minimum absolute atomic E-state index is 0.146. The first kappa shape index (κ1) is 18.7. The van der Waals surface area contributed by atoms with E-state index in [1.165, 1.54) is 19.0 Å². The molecule has 2 atom stereocenters. The van der Waals surface area contributed by atoms with Gasteiger partial charge in [-0.15, -0.1) is 0 Å². The number of carbonyl (C=O) groups excluding carboxylic acids is 1. The van der Waals surface area contributed by atoms with Crippen molar-refractivity contribution in [3.8, 4) is 0 Å². The Morgan fingerprint density at radius 2 is 2.07 bits per heavy atom. The van der Waals surface area contributed by atoms with Gasteiger partial charge in [0, 0.05) is 29.4 Å². The van der Waals surface area contributed by atoms with Crippen molar-refractivity contribution in [1.29, 1.82) is 0 Å². The first-order valence-electron chi connectivity index (χ1n) is 9.13. The molecule has 1 aromatic carbocycles. The Morgan fingerprint density at radius 3 is 2.81 bits per heavy atom. The number of anilines is 1. The Hall–Kier alpha value is -1.69. The van der Waals surface area contributed by atoms with Crippen molar-refractivity contribution in [2.75, 3.05) is 18.4 Å². The van der Waals surface area contributed by atoms with Crippen molar-refractivity contribution >= 4 is 34.8 Å². The highest BCUT2D eigenvalue weighted by molar-refractivity contribution is 6.31. The zero-order valence-electron chi connectivity index (χ0n) is 14.7. The molecule has 0 radical (unpaired) electrons. The first-order valence-corrected chi connectivity index (χ1v) is 9.89. The van der Waals surface area contributed by atoms with Gasteiger partial charge in [-0.25, -0.2) is 9.37 Å². The molecule has 4 rings (SSSR count). The molecule has 1 N–H and O–H groups in total. The van der Waals surface area contributed by atoms with E-state index >= 15 is 0 Å². The fourth-order valence-corrected chi connectivity index (χ4v) is 4.22. The molecule has 4 nitrogen and oxygen atoms in total. The number of rotatable bonds is 5. The van der Waals surface area contributed by atoms with Crippen LogP contribution in [0.5, 0.6) is 0 Å². The summed E-state index contributed by atoms with van der Waals surface area (Å²) in [5, 5.41) is 3.35. The molecule has 1 saturated carbocycles. The van der Waals surface area contributed by atoms with E-state index in [4.69, 9.17) is 23.2 Å². The monoisotopic (exact) mass is 407 g/mol. The molecule has 2 aliphatic rings.